The smallest absolute Gasteiger partial charge is 0.269 e. The van der Waals surface area contributed by atoms with Crippen molar-refractivity contribution < 1.29 is 4.92 Å². The van der Waals surface area contributed by atoms with Gasteiger partial charge in [-0.15, -0.1) is 0 Å². The highest BCUT2D eigenvalue weighted by molar-refractivity contribution is 5.83. The minimum absolute atomic E-state index is 0.0912. The number of nitrogens with one attached hydrogen (secondary N) is 1. The summed E-state index contributed by atoms with van der Waals surface area (Å²) >= 11 is 0. The quantitative estimate of drug-likeness (QED) is 0.581. The van der Waals surface area contributed by atoms with Crippen molar-refractivity contribution in [2.45, 2.75) is 6.92 Å². The Kier molecular flexibility index (Phi) is 3.23. The molecular formula is C16H13N3O2. The fourth-order valence-corrected chi connectivity index (χ4v) is 2.15. The molecule has 1 aromatic heterocycles. The van der Waals surface area contributed by atoms with Crippen molar-refractivity contribution in [2.24, 2.45) is 0 Å². The molecule has 5 nitrogen and oxygen atoms in total. The van der Waals surface area contributed by atoms with E-state index < -0.39 is 4.92 Å². The van der Waals surface area contributed by atoms with Gasteiger partial charge in [0.1, 0.15) is 5.82 Å². The largest absolute Gasteiger partial charge is 0.338 e. The Morgan fingerprint density at radius 1 is 1.19 bits per heavy atom. The number of H-pyrrole nitrogens is 1. The van der Waals surface area contributed by atoms with Gasteiger partial charge < -0.3 is 4.98 Å². The first-order valence-corrected chi connectivity index (χ1v) is 6.51. The first-order valence-electron chi connectivity index (χ1n) is 6.51. The standard InChI is InChI=1S/C16H13N3O2/c1-11(10-12-6-8-13(9-7-12)19(20)21)16-17-14-4-2-3-5-15(14)18-16/h2-10H,1H3,(H,17,18)/b11-10-. The number of nitro benzene ring substituents is 1. The zero-order valence-electron chi connectivity index (χ0n) is 11.4. The molecule has 0 aliphatic heterocycles. The number of hydrogen-bond acceptors (Lipinski definition) is 3. The second kappa shape index (κ2) is 5.20. The Hall–Kier alpha value is -2.95. The van der Waals surface area contributed by atoms with E-state index in [-0.39, 0.29) is 5.69 Å². The van der Waals surface area contributed by atoms with Crippen LogP contribution in [0.25, 0.3) is 22.7 Å². The third-order valence-electron chi connectivity index (χ3n) is 3.25. The van der Waals surface area contributed by atoms with Crippen LogP contribution in [0.3, 0.4) is 0 Å². The van der Waals surface area contributed by atoms with E-state index in [4.69, 9.17) is 0 Å². The van der Waals surface area contributed by atoms with Crippen molar-refractivity contribution in [1.29, 1.82) is 0 Å². The Balaban J connectivity index is 1.92. The lowest BCUT2D eigenvalue weighted by atomic mass is 10.1. The van der Waals surface area contributed by atoms with Crippen LogP contribution in [-0.4, -0.2) is 14.9 Å². The molecular weight excluding hydrogens is 266 g/mol. The van der Waals surface area contributed by atoms with Crippen LogP contribution in [0.15, 0.2) is 48.5 Å². The van der Waals surface area contributed by atoms with E-state index in [0.717, 1.165) is 28.0 Å². The lowest BCUT2D eigenvalue weighted by Crippen LogP contribution is -1.87. The van der Waals surface area contributed by atoms with E-state index in [2.05, 4.69) is 9.97 Å². The first-order chi connectivity index (χ1) is 10.1. The molecule has 1 heterocycles. The number of fused-ring (bicyclic) bond motifs is 1. The van der Waals surface area contributed by atoms with Crippen molar-refractivity contribution in [2.75, 3.05) is 0 Å². The molecule has 0 amide bonds. The average molecular weight is 279 g/mol. The highest BCUT2D eigenvalue weighted by atomic mass is 16.6. The molecule has 0 saturated heterocycles. The number of imidazole rings is 1. The van der Waals surface area contributed by atoms with Crippen molar-refractivity contribution in [3.63, 3.8) is 0 Å². The Labute approximate surface area is 121 Å². The molecule has 21 heavy (non-hydrogen) atoms. The highest BCUT2D eigenvalue weighted by Crippen LogP contribution is 2.20. The van der Waals surface area contributed by atoms with Crippen LogP contribution in [0.5, 0.6) is 0 Å². The minimum atomic E-state index is -0.403. The maximum Gasteiger partial charge on any atom is 0.269 e. The molecule has 0 fully saturated rings. The molecule has 3 aromatic rings. The molecule has 5 heteroatoms. The molecule has 0 aliphatic rings. The Bertz CT molecular complexity index is 799. The zero-order valence-corrected chi connectivity index (χ0v) is 11.4. The molecule has 1 N–H and O–H groups in total. The number of nitrogens with zero attached hydrogens (tertiary/aromatic N) is 2. The molecule has 0 spiro atoms. The summed E-state index contributed by atoms with van der Waals surface area (Å²) in [5, 5.41) is 10.6. The number of aromatic amines is 1. The molecule has 3 rings (SSSR count). The van der Waals surface area contributed by atoms with Crippen molar-refractivity contribution in [3.8, 4) is 0 Å². The number of benzene rings is 2. The van der Waals surface area contributed by atoms with Gasteiger partial charge in [-0.05, 0) is 48.4 Å². The van der Waals surface area contributed by atoms with E-state index in [1.165, 1.54) is 12.1 Å². The van der Waals surface area contributed by atoms with Crippen molar-refractivity contribution in [1.82, 2.24) is 9.97 Å². The van der Waals surface area contributed by atoms with Crippen LogP contribution in [0, 0.1) is 10.1 Å². The van der Waals surface area contributed by atoms with Crippen LogP contribution in [0.4, 0.5) is 5.69 Å². The van der Waals surface area contributed by atoms with Gasteiger partial charge >= 0.3 is 0 Å². The van der Waals surface area contributed by atoms with Gasteiger partial charge in [0.05, 0.1) is 16.0 Å². The summed E-state index contributed by atoms with van der Waals surface area (Å²) in [5.41, 5.74) is 3.88. The lowest BCUT2D eigenvalue weighted by Gasteiger charge is -1.98. The fraction of sp³-hybridized carbons (Fsp3) is 0.0625. The molecule has 0 atom stereocenters. The van der Waals surface area contributed by atoms with Gasteiger partial charge in [-0.3, -0.25) is 10.1 Å². The topological polar surface area (TPSA) is 71.8 Å². The van der Waals surface area contributed by atoms with Crippen LogP contribution >= 0.6 is 0 Å². The molecule has 0 aliphatic carbocycles. The predicted octanol–water partition coefficient (Wildman–Crippen LogP) is 4.03. The van der Waals surface area contributed by atoms with Crippen LogP contribution in [-0.2, 0) is 0 Å². The van der Waals surface area contributed by atoms with Gasteiger partial charge in [-0.25, -0.2) is 4.98 Å². The van der Waals surface area contributed by atoms with Gasteiger partial charge in [0.25, 0.3) is 5.69 Å². The summed E-state index contributed by atoms with van der Waals surface area (Å²) < 4.78 is 0. The van der Waals surface area contributed by atoms with E-state index in [1.54, 1.807) is 12.1 Å². The Morgan fingerprint density at radius 3 is 2.57 bits per heavy atom. The number of nitro groups is 1. The van der Waals surface area contributed by atoms with Gasteiger partial charge in [-0.2, -0.15) is 0 Å². The van der Waals surface area contributed by atoms with E-state index in [9.17, 15) is 10.1 Å². The third-order valence-corrected chi connectivity index (χ3v) is 3.25. The minimum Gasteiger partial charge on any atom is -0.338 e. The molecule has 0 radical (unpaired) electrons. The first kappa shape index (κ1) is 13.1. The molecule has 104 valence electrons. The summed E-state index contributed by atoms with van der Waals surface area (Å²) in [7, 11) is 0. The number of aromatic nitrogens is 2. The maximum absolute atomic E-state index is 10.6. The summed E-state index contributed by atoms with van der Waals surface area (Å²) in [6.45, 7) is 1.96. The molecule has 0 saturated carbocycles. The molecule has 2 aromatic carbocycles. The number of allylic oxidation sites excluding steroid dienone is 1. The van der Waals surface area contributed by atoms with Gasteiger partial charge in [-0.1, -0.05) is 12.1 Å². The second-order valence-corrected chi connectivity index (χ2v) is 4.78. The summed E-state index contributed by atoms with van der Waals surface area (Å²) in [6, 6.07) is 14.3. The average Bonchev–Trinajstić information content (AvgIpc) is 2.92. The highest BCUT2D eigenvalue weighted by Gasteiger charge is 2.05. The van der Waals surface area contributed by atoms with Crippen molar-refractivity contribution >= 4 is 28.4 Å². The molecule has 0 unspecified atom stereocenters. The number of non-ortho nitro benzene ring substituents is 1. The third kappa shape index (κ3) is 2.67. The lowest BCUT2D eigenvalue weighted by molar-refractivity contribution is -0.384. The SMILES string of the molecule is C/C(=C/c1ccc([N+](=O)[O-])cc1)c1nc2ccccc2[nH]1. The maximum atomic E-state index is 10.6. The van der Waals surface area contributed by atoms with Crippen LogP contribution in [0.2, 0.25) is 0 Å². The van der Waals surface area contributed by atoms with Crippen LogP contribution in [0.1, 0.15) is 18.3 Å². The van der Waals surface area contributed by atoms with Gasteiger partial charge in [0.2, 0.25) is 0 Å². The van der Waals surface area contributed by atoms with Gasteiger partial charge in [0.15, 0.2) is 0 Å². The molecule has 0 bridgehead atoms. The Morgan fingerprint density at radius 2 is 1.90 bits per heavy atom. The van der Waals surface area contributed by atoms with E-state index in [1.807, 2.05) is 37.3 Å². The van der Waals surface area contributed by atoms with Gasteiger partial charge in [0, 0.05) is 12.1 Å². The summed E-state index contributed by atoms with van der Waals surface area (Å²) in [4.78, 5) is 18.0. The number of rotatable bonds is 3. The summed E-state index contributed by atoms with van der Waals surface area (Å²) in [5.74, 6) is 0.801. The normalized spacial score (nSPS) is 11.8. The van der Waals surface area contributed by atoms with E-state index >= 15 is 0 Å². The zero-order chi connectivity index (χ0) is 14.8. The number of para-hydroxylation sites is 2. The monoisotopic (exact) mass is 279 g/mol. The van der Waals surface area contributed by atoms with Crippen LogP contribution < -0.4 is 0 Å². The van der Waals surface area contributed by atoms with Crippen molar-refractivity contribution in [3.05, 3.63) is 70.0 Å². The summed E-state index contributed by atoms with van der Waals surface area (Å²) in [6.07, 6.45) is 1.95. The number of hydrogen-bond donors (Lipinski definition) is 1. The fourth-order valence-electron chi connectivity index (χ4n) is 2.15. The van der Waals surface area contributed by atoms with E-state index in [0.29, 0.717) is 0 Å². The predicted molar refractivity (Wildman–Crippen MR) is 82.7 cm³/mol. The second-order valence-electron chi connectivity index (χ2n) is 4.78.